The van der Waals surface area contributed by atoms with Crippen LogP contribution in [0.2, 0.25) is 0 Å². The van der Waals surface area contributed by atoms with Crippen molar-refractivity contribution >= 4 is 5.97 Å². The first kappa shape index (κ1) is 17.4. The number of nitrogens with two attached hydrogens (primary N) is 2. The molecule has 2 aliphatic rings. The van der Waals surface area contributed by atoms with Gasteiger partial charge in [-0.25, -0.2) is 4.79 Å². The first-order valence-electron chi connectivity index (χ1n) is 7.74. The quantitative estimate of drug-likeness (QED) is 0.540. The molecule has 5 atom stereocenters. The maximum absolute atomic E-state index is 11.9. The van der Waals surface area contributed by atoms with E-state index >= 15 is 0 Å². The predicted molar refractivity (Wildman–Crippen MR) is 79.9 cm³/mol. The molecule has 0 aromatic rings. The summed E-state index contributed by atoms with van der Waals surface area (Å²) in [5.41, 5.74) is 12.5. The SMILES string of the molecule is CC/C1=C\C(C)OCO[C@H]2C(=O)OC[C@@H]2[C@@H]1OCC(N)CN. The van der Waals surface area contributed by atoms with Crippen molar-refractivity contribution in [2.45, 2.75) is 44.6 Å². The van der Waals surface area contributed by atoms with Crippen molar-refractivity contribution in [2.24, 2.45) is 17.4 Å². The third-order valence-electron chi connectivity index (χ3n) is 4.02. The van der Waals surface area contributed by atoms with Crippen LogP contribution in [0.5, 0.6) is 0 Å². The molecule has 0 radical (unpaired) electrons. The number of hydrogen-bond acceptors (Lipinski definition) is 7. The second-order valence-electron chi connectivity index (χ2n) is 5.72. The zero-order valence-electron chi connectivity index (χ0n) is 13.2. The Balaban J connectivity index is 2.23. The third-order valence-corrected chi connectivity index (χ3v) is 4.02. The summed E-state index contributed by atoms with van der Waals surface area (Å²) in [5.74, 6) is -0.562. The van der Waals surface area contributed by atoms with Gasteiger partial charge in [-0.05, 0) is 18.9 Å². The molecule has 0 aromatic carbocycles. The summed E-state index contributed by atoms with van der Waals surface area (Å²) in [7, 11) is 0. The molecule has 1 fully saturated rings. The van der Waals surface area contributed by atoms with Gasteiger partial charge in [0.05, 0.1) is 24.7 Å². The van der Waals surface area contributed by atoms with E-state index < -0.39 is 6.10 Å². The van der Waals surface area contributed by atoms with Crippen LogP contribution in [0.25, 0.3) is 0 Å². The average Bonchev–Trinajstić information content (AvgIpc) is 2.88. The molecule has 2 rings (SSSR count). The van der Waals surface area contributed by atoms with Crippen LogP contribution in [0, 0.1) is 5.92 Å². The summed E-state index contributed by atoms with van der Waals surface area (Å²) < 4.78 is 22.3. The summed E-state index contributed by atoms with van der Waals surface area (Å²) in [5, 5.41) is 0. The fourth-order valence-electron chi connectivity index (χ4n) is 2.74. The standard InChI is InChI=1S/C15H26N2O5/c1-3-10-4-9(2)21-8-22-14-12(7-20-15(14)18)13(10)19-6-11(17)5-16/h4,9,11-14H,3,5-8,16-17H2,1-2H3/b10-4+/t9?,11?,12-,13-,14-/m1/s1. The lowest BCUT2D eigenvalue weighted by atomic mass is 9.90. The Kier molecular flexibility index (Phi) is 6.34. The van der Waals surface area contributed by atoms with E-state index in [1.807, 2.05) is 19.9 Å². The van der Waals surface area contributed by atoms with Crippen LogP contribution in [0.1, 0.15) is 20.3 Å². The van der Waals surface area contributed by atoms with E-state index in [4.69, 9.17) is 30.4 Å². The molecular formula is C15H26N2O5. The smallest absolute Gasteiger partial charge is 0.335 e. The second kappa shape index (κ2) is 8.03. The van der Waals surface area contributed by atoms with Crippen molar-refractivity contribution in [2.75, 3.05) is 26.6 Å². The highest BCUT2D eigenvalue weighted by molar-refractivity contribution is 5.77. The van der Waals surface area contributed by atoms with E-state index in [-0.39, 0.29) is 43.5 Å². The lowest BCUT2D eigenvalue weighted by molar-refractivity contribution is -0.160. The van der Waals surface area contributed by atoms with Crippen molar-refractivity contribution < 1.29 is 23.7 Å². The predicted octanol–water partition coefficient (Wildman–Crippen LogP) is -0.0716. The molecule has 2 unspecified atom stereocenters. The number of esters is 1. The number of hydrogen-bond donors (Lipinski definition) is 2. The molecule has 7 nitrogen and oxygen atoms in total. The van der Waals surface area contributed by atoms with Gasteiger partial charge in [0.1, 0.15) is 13.4 Å². The van der Waals surface area contributed by atoms with Gasteiger partial charge in [0.2, 0.25) is 0 Å². The third kappa shape index (κ3) is 4.05. The number of rotatable bonds is 5. The molecule has 4 N–H and O–H groups in total. The summed E-state index contributed by atoms with van der Waals surface area (Å²) >= 11 is 0. The molecule has 0 saturated carbocycles. The lowest BCUT2D eigenvalue weighted by Gasteiger charge is -2.28. The summed E-state index contributed by atoms with van der Waals surface area (Å²) in [4.78, 5) is 11.9. The van der Waals surface area contributed by atoms with Crippen molar-refractivity contribution in [1.29, 1.82) is 0 Å². The van der Waals surface area contributed by atoms with Crippen molar-refractivity contribution in [3.63, 3.8) is 0 Å². The second-order valence-corrected chi connectivity index (χ2v) is 5.72. The fourth-order valence-corrected chi connectivity index (χ4v) is 2.74. The highest BCUT2D eigenvalue weighted by atomic mass is 16.7. The van der Waals surface area contributed by atoms with E-state index in [1.165, 1.54) is 0 Å². The van der Waals surface area contributed by atoms with Crippen LogP contribution in [0.15, 0.2) is 11.6 Å². The van der Waals surface area contributed by atoms with Crippen molar-refractivity contribution in [1.82, 2.24) is 0 Å². The van der Waals surface area contributed by atoms with E-state index in [1.54, 1.807) is 0 Å². The van der Waals surface area contributed by atoms with Gasteiger partial charge >= 0.3 is 5.97 Å². The molecular weight excluding hydrogens is 288 g/mol. The van der Waals surface area contributed by atoms with E-state index in [9.17, 15) is 4.79 Å². The highest BCUT2D eigenvalue weighted by Gasteiger charge is 2.44. The van der Waals surface area contributed by atoms with Gasteiger partial charge in [-0.15, -0.1) is 0 Å². The lowest BCUT2D eigenvalue weighted by Crippen LogP contribution is -2.41. The van der Waals surface area contributed by atoms with Crippen molar-refractivity contribution in [3.05, 3.63) is 11.6 Å². The maximum atomic E-state index is 11.9. The molecule has 126 valence electrons. The van der Waals surface area contributed by atoms with Crippen LogP contribution in [0.4, 0.5) is 0 Å². The van der Waals surface area contributed by atoms with Gasteiger partial charge in [0, 0.05) is 12.6 Å². The van der Waals surface area contributed by atoms with Crippen LogP contribution < -0.4 is 11.5 Å². The fraction of sp³-hybridized carbons (Fsp3) is 0.800. The highest BCUT2D eigenvalue weighted by Crippen LogP contribution is 2.31. The Morgan fingerprint density at radius 2 is 2.23 bits per heavy atom. The van der Waals surface area contributed by atoms with Gasteiger partial charge in [0.25, 0.3) is 0 Å². The topological polar surface area (TPSA) is 106 Å². The Morgan fingerprint density at radius 3 is 2.91 bits per heavy atom. The number of carbonyl (C=O) groups is 1. The molecule has 2 aliphatic heterocycles. The minimum absolute atomic E-state index is 0.0555. The average molecular weight is 314 g/mol. The molecule has 0 aliphatic carbocycles. The van der Waals surface area contributed by atoms with E-state index in [0.29, 0.717) is 13.2 Å². The van der Waals surface area contributed by atoms with Crippen LogP contribution in [0.3, 0.4) is 0 Å². The van der Waals surface area contributed by atoms with Crippen LogP contribution >= 0.6 is 0 Å². The largest absolute Gasteiger partial charge is 0.463 e. The summed E-state index contributed by atoms with van der Waals surface area (Å²) in [6.07, 6.45) is 1.74. The molecule has 0 aromatic heterocycles. The van der Waals surface area contributed by atoms with E-state index in [2.05, 4.69) is 0 Å². The number of cyclic esters (lactones) is 1. The summed E-state index contributed by atoms with van der Waals surface area (Å²) in [6, 6.07) is -0.239. The number of ether oxygens (including phenoxy) is 4. The molecule has 0 spiro atoms. The van der Waals surface area contributed by atoms with Crippen LogP contribution in [-0.4, -0.2) is 56.9 Å². The summed E-state index contributed by atoms with van der Waals surface area (Å²) in [6.45, 7) is 4.98. The monoisotopic (exact) mass is 314 g/mol. The van der Waals surface area contributed by atoms with E-state index in [0.717, 1.165) is 12.0 Å². The maximum Gasteiger partial charge on any atom is 0.335 e. The van der Waals surface area contributed by atoms with Gasteiger partial charge in [0.15, 0.2) is 6.10 Å². The molecule has 2 heterocycles. The Labute approximate surface area is 130 Å². The Hall–Kier alpha value is -0.990. The van der Waals surface area contributed by atoms with Gasteiger partial charge in [-0.3, -0.25) is 0 Å². The van der Waals surface area contributed by atoms with Crippen molar-refractivity contribution in [3.8, 4) is 0 Å². The zero-order chi connectivity index (χ0) is 16.1. The molecule has 22 heavy (non-hydrogen) atoms. The number of carbonyl (C=O) groups excluding carboxylic acids is 1. The van der Waals surface area contributed by atoms with Gasteiger partial charge in [-0.2, -0.15) is 0 Å². The Morgan fingerprint density at radius 1 is 1.45 bits per heavy atom. The Bertz CT molecular complexity index is 415. The minimum Gasteiger partial charge on any atom is -0.463 e. The molecule has 0 bridgehead atoms. The van der Waals surface area contributed by atoms with Gasteiger partial charge in [-0.1, -0.05) is 13.0 Å². The molecule has 7 heteroatoms. The van der Waals surface area contributed by atoms with Crippen LogP contribution in [-0.2, 0) is 23.7 Å². The normalized spacial score (nSPS) is 36.4. The van der Waals surface area contributed by atoms with Gasteiger partial charge < -0.3 is 30.4 Å². The minimum atomic E-state index is -0.667. The first-order valence-corrected chi connectivity index (χ1v) is 7.74. The molecule has 0 amide bonds. The first-order chi connectivity index (χ1) is 10.6. The zero-order valence-corrected chi connectivity index (χ0v) is 13.2. The molecule has 1 saturated heterocycles. The number of fused-ring (bicyclic) bond motifs is 1.